The first-order chi connectivity index (χ1) is 14.5. The maximum atomic E-state index is 13.1. The summed E-state index contributed by atoms with van der Waals surface area (Å²) in [6.07, 6.45) is 3.23. The smallest absolute Gasteiger partial charge is 0.259 e. The molecule has 0 radical (unpaired) electrons. The Hall–Kier alpha value is -3.52. The number of anilines is 1. The first-order valence-corrected chi connectivity index (χ1v) is 10.0. The van der Waals surface area contributed by atoms with Crippen molar-refractivity contribution in [1.82, 2.24) is 15.0 Å². The largest absolute Gasteiger partial charge is 0.497 e. The van der Waals surface area contributed by atoms with E-state index in [1.807, 2.05) is 44.2 Å². The van der Waals surface area contributed by atoms with Crippen LogP contribution in [0.3, 0.4) is 0 Å². The van der Waals surface area contributed by atoms with E-state index in [0.717, 1.165) is 38.5 Å². The molecule has 0 saturated heterocycles. The summed E-state index contributed by atoms with van der Waals surface area (Å²) in [6.45, 7) is 3.78. The summed E-state index contributed by atoms with van der Waals surface area (Å²) in [5, 5.41) is 3.41. The molecule has 8 heteroatoms. The number of thiazole rings is 1. The average Bonchev–Trinajstić information content (AvgIpc) is 3.14. The molecule has 1 N–H and O–H groups in total. The van der Waals surface area contributed by atoms with Gasteiger partial charge in [0.05, 0.1) is 36.2 Å². The molecule has 0 unspecified atom stereocenters. The standard InChI is InChI=1S/C22H20N4O3S/c1-12-7-15(16-8-13(2)24-11-19(16)29-4)17(10-23-12)21(27)26-22-25-18-9-14(28-3)5-6-20(18)30-22/h5-11H,1-4H3,(H,25,26,27). The van der Waals surface area contributed by atoms with Crippen molar-refractivity contribution in [3.63, 3.8) is 0 Å². The van der Waals surface area contributed by atoms with Crippen LogP contribution in [0.1, 0.15) is 21.7 Å². The van der Waals surface area contributed by atoms with Crippen LogP contribution < -0.4 is 14.8 Å². The van der Waals surface area contributed by atoms with Crippen molar-refractivity contribution in [3.8, 4) is 22.6 Å². The molecule has 1 aromatic carbocycles. The average molecular weight is 420 g/mol. The Morgan fingerprint density at radius 2 is 1.70 bits per heavy atom. The predicted molar refractivity (Wildman–Crippen MR) is 118 cm³/mol. The van der Waals surface area contributed by atoms with Gasteiger partial charge in [-0.2, -0.15) is 0 Å². The number of pyridine rings is 2. The second-order valence-electron chi connectivity index (χ2n) is 6.70. The second-order valence-corrected chi connectivity index (χ2v) is 7.73. The number of nitrogens with one attached hydrogen (secondary N) is 1. The number of methoxy groups -OCH3 is 2. The van der Waals surface area contributed by atoms with E-state index in [1.165, 1.54) is 11.3 Å². The van der Waals surface area contributed by atoms with Crippen LogP contribution in [-0.2, 0) is 0 Å². The molecular formula is C22H20N4O3S. The van der Waals surface area contributed by atoms with Gasteiger partial charge in [-0.1, -0.05) is 11.3 Å². The number of benzene rings is 1. The lowest BCUT2D eigenvalue weighted by molar-refractivity contribution is 0.102. The third kappa shape index (κ3) is 3.81. The van der Waals surface area contributed by atoms with E-state index in [4.69, 9.17) is 9.47 Å². The van der Waals surface area contributed by atoms with Gasteiger partial charge >= 0.3 is 0 Å². The Kier molecular flexibility index (Phi) is 5.33. The van der Waals surface area contributed by atoms with Crippen molar-refractivity contribution < 1.29 is 14.3 Å². The van der Waals surface area contributed by atoms with E-state index in [9.17, 15) is 4.79 Å². The van der Waals surface area contributed by atoms with Crippen LogP contribution in [0.2, 0.25) is 0 Å². The number of hydrogen-bond acceptors (Lipinski definition) is 7. The number of carbonyl (C=O) groups is 1. The Balaban J connectivity index is 1.73. The van der Waals surface area contributed by atoms with E-state index in [1.54, 1.807) is 26.6 Å². The molecule has 4 aromatic rings. The monoisotopic (exact) mass is 420 g/mol. The second kappa shape index (κ2) is 8.08. The first-order valence-electron chi connectivity index (χ1n) is 9.22. The highest BCUT2D eigenvalue weighted by Gasteiger charge is 2.19. The molecular weight excluding hydrogens is 400 g/mol. The Morgan fingerprint density at radius 3 is 2.43 bits per heavy atom. The van der Waals surface area contributed by atoms with Crippen LogP contribution in [-0.4, -0.2) is 35.1 Å². The Morgan fingerprint density at radius 1 is 0.967 bits per heavy atom. The van der Waals surface area contributed by atoms with E-state index >= 15 is 0 Å². The van der Waals surface area contributed by atoms with Crippen molar-refractivity contribution in [2.75, 3.05) is 19.5 Å². The van der Waals surface area contributed by atoms with E-state index in [0.29, 0.717) is 16.4 Å². The number of aryl methyl sites for hydroxylation is 2. The Labute approximate surface area is 177 Å². The van der Waals surface area contributed by atoms with E-state index in [-0.39, 0.29) is 5.91 Å². The highest BCUT2D eigenvalue weighted by molar-refractivity contribution is 7.22. The van der Waals surface area contributed by atoms with Gasteiger partial charge in [0, 0.05) is 34.8 Å². The molecule has 0 fully saturated rings. The molecule has 7 nitrogen and oxygen atoms in total. The lowest BCUT2D eigenvalue weighted by Crippen LogP contribution is -2.14. The number of aromatic nitrogens is 3. The molecule has 0 aliphatic heterocycles. The molecule has 0 atom stereocenters. The van der Waals surface area contributed by atoms with Gasteiger partial charge in [-0.15, -0.1) is 0 Å². The lowest BCUT2D eigenvalue weighted by Gasteiger charge is -2.13. The zero-order valence-corrected chi connectivity index (χ0v) is 17.8. The maximum absolute atomic E-state index is 13.1. The summed E-state index contributed by atoms with van der Waals surface area (Å²) in [4.78, 5) is 26.2. The minimum Gasteiger partial charge on any atom is -0.497 e. The van der Waals surface area contributed by atoms with Crippen LogP contribution in [0.4, 0.5) is 5.13 Å². The molecule has 3 heterocycles. The van der Waals surface area contributed by atoms with Crippen LogP contribution in [0.15, 0.2) is 42.7 Å². The number of carbonyl (C=O) groups excluding carboxylic acids is 1. The number of ether oxygens (including phenoxy) is 2. The quantitative estimate of drug-likeness (QED) is 0.506. The highest BCUT2D eigenvalue weighted by Crippen LogP contribution is 2.34. The third-order valence-corrected chi connectivity index (χ3v) is 5.57. The van der Waals surface area contributed by atoms with Gasteiger partial charge in [0.1, 0.15) is 11.5 Å². The molecule has 3 aromatic heterocycles. The normalized spacial score (nSPS) is 10.8. The highest BCUT2D eigenvalue weighted by atomic mass is 32.1. The number of nitrogens with zero attached hydrogens (tertiary/aromatic N) is 3. The van der Waals surface area contributed by atoms with E-state index < -0.39 is 0 Å². The van der Waals surface area contributed by atoms with Gasteiger partial charge in [-0.05, 0) is 38.1 Å². The molecule has 152 valence electrons. The fourth-order valence-corrected chi connectivity index (χ4v) is 3.98. The summed E-state index contributed by atoms with van der Waals surface area (Å²) in [7, 11) is 3.19. The van der Waals surface area contributed by atoms with Crippen LogP contribution in [0, 0.1) is 13.8 Å². The summed E-state index contributed by atoms with van der Waals surface area (Å²) in [5.74, 6) is 1.02. The lowest BCUT2D eigenvalue weighted by atomic mass is 9.99. The van der Waals surface area contributed by atoms with E-state index in [2.05, 4.69) is 20.3 Å². The van der Waals surface area contributed by atoms with Crippen molar-refractivity contribution in [1.29, 1.82) is 0 Å². The van der Waals surface area contributed by atoms with Crippen LogP contribution in [0.5, 0.6) is 11.5 Å². The van der Waals surface area contributed by atoms with Gasteiger partial charge < -0.3 is 9.47 Å². The fraction of sp³-hybridized carbons (Fsp3) is 0.182. The van der Waals surface area contributed by atoms with Crippen molar-refractivity contribution >= 4 is 32.6 Å². The molecule has 0 saturated carbocycles. The molecule has 4 rings (SSSR count). The van der Waals surface area contributed by atoms with Crippen LogP contribution in [0.25, 0.3) is 21.3 Å². The zero-order valence-electron chi connectivity index (χ0n) is 17.0. The number of rotatable bonds is 5. The predicted octanol–water partition coefficient (Wildman–Crippen LogP) is 4.64. The molecule has 30 heavy (non-hydrogen) atoms. The number of hydrogen-bond donors (Lipinski definition) is 1. The summed E-state index contributed by atoms with van der Waals surface area (Å²) >= 11 is 1.40. The molecule has 0 bridgehead atoms. The van der Waals surface area contributed by atoms with Crippen molar-refractivity contribution in [2.24, 2.45) is 0 Å². The van der Waals surface area contributed by atoms with Gasteiger partial charge in [0.15, 0.2) is 5.13 Å². The van der Waals surface area contributed by atoms with Gasteiger partial charge in [0.2, 0.25) is 0 Å². The number of fused-ring (bicyclic) bond motifs is 1. The fourth-order valence-electron chi connectivity index (χ4n) is 3.14. The summed E-state index contributed by atoms with van der Waals surface area (Å²) in [6, 6.07) is 9.39. The minimum atomic E-state index is -0.292. The minimum absolute atomic E-state index is 0.292. The van der Waals surface area contributed by atoms with Crippen LogP contribution >= 0.6 is 11.3 Å². The summed E-state index contributed by atoms with van der Waals surface area (Å²) < 4.78 is 11.7. The molecule has 1 amide bonds. The molecule has 0 spiro atoms. The zero-order chi connectivity index (χ0) is 21.3. The molecule has 0 aliphatic rings. The topological polar surface area (TPSA) is 86.2 Å². The first kappa shape index (κ1) is 19.8. The third-order valence-electron chi connectivity index (χ3n) is 4.61. The number of amides is 1. The van der Waals surface area contributed by atoms with Gasteiger partial charge in [0.25, 0.3) is 5.91 Å². The van der Waals surface area contributed by atoms with Gasteiger partial charge in [-0.25, -0.2) is 4.98 Å². The summed E-state index contributed by atoms with van der Waals surface area (Å²) in [5.41, 5.74) is 4.33. The Bertz CT molecular complexity index is 1250. The maximum Gasteiger partial charge on any atom is 0.259 e. The van der Waals surface area contributed by atoms with Crippen molar-refractivity contribution in [3.05, 3.63) is 59.7 Å². The SMILES string of the molecule is COc1ccc2sc(NC(=O)c3cnc(C)cc3-c3cc(C)ncc3OC)nc2c1. The van der Waals surface area contributed by atoms with Gasteiger partial charge in [-0.3, -0.25) is 20.1 Å². The molecule has 0 aliphatic carbocycles. The van der Waals surface area contributed by atoms with Crippen molar-refractivity contribution in [2.45, 2.75) is 13.8 Å².